The zero-order chi connectivity index (χ0) is 15.9. The van der Waals surface area contributed by atoms with E-state index in [1.165, 1.54) is 20.8 Å². The smallest absolute Gasteiger partial charge is 0.309 e. The molecule has 0 aromatic heterocycles. The number of ketones is 1. The van der Waals surface area contributed by atoms with Gasteiger partial charge in [0.25, 0.3) is 0 Å². The van der Waals surface area contributed by atoms with E-state index in [0.717, 1.165) is 0 Å². The molecular formula is C10H12F7NO. The number of carbonyl (C=O) groups excluding carboxylic acids is 1. The molecule has 0 rings (SSSR count). The minimum absolute atomic E-state index is 0.657. The van der Waals surface area contributed by atoms with Gasteiger partial charge in [0.1, 0.15) is 0 Å². The fraction of sp³-hybridized carbons (Fsp3) is 0.800. The van der Waals surface area contributed by atoms with Crippen LogP contribution in [0.3, 0.4) is 0 Å². The van der Waals surface area contributed by atoms with Crippen molar-refractivity contribution >= 4 is 11.5 Å². The normalized spacial score (nSPS) is 14.4. The van der Waals surface area contributed by atoms with Crippen LogP contribution in [0.5, 0.6) is 0 Å². The summed E-state index contributed by atoms with van der Waals surface area (Å²) in [7, 11) is 0. The molecule has 19 heavy (non-hydrogen) atoms. The summed E-state index contributed by atoms with van der Waals surface area (Å²) in [6.45, 7) is 4.01. The van der Waals surface area contributed by atoms with Crippen LogP contribution in [-0.4, -0.2) is 29.5 Å². The number of alkyl halides is 7. The molecule has 0 aliphatic heterocycles. The second kappa shape index (κ2) is 4.75. The highest BCUT2D eigenvalue weighted by Gasteiger charge is 2.75. The molecule has 0 aliphatic rings. The molecular weight excluding hydrogens is 283 g/mol. The second-order valence-electron chi connectivity index (χ2n) is 4.98. The van der Waals surface area contributed by atoms with Crippen molar-refractivity contribution in [3.63, 3.8) is 0 Å². The lowest BCUT2D eigenvalue weighted by atomic mass is 9.85. The molecule has 0 saturated heterocycles. The molecule has 0 aromatic rings. The molecule has 112 valence electrons. The third-order valence-electron chi connectivity index (χ3n) is 2.34. The Balaban J connectivity index is 5.25. The van der Waals surface area contributed by atoms with Crippen LogP contribution >= 0.6 is 0 Å². The summed E-state index contributed by atoms with van der Waals surface area (Å²) >= 11 is 0. The molecule has 0 fully saturated rings. The first kappa shape index (κ1) is 17.8. The topological polar surface area (TPSA) is 40.9 Å². The maximum absolute atomic E-state index is 12.9. The lowest BCUT2D eigenvalue weighted by molar-refractivity contribution is -0.343. The van der Waals surface area contributed by atoms with Crippen LogP contribution in [0.1, 0.15) is 27.2 Å². The Bertz CT molecular complexity index is 378. The standard InChI is InChI=1S/C10H12F7NO/c1-7(2,3)5(18)4-6(19)8(11,12)9(13,14)10(15,16)17/h18H,4H2,1-3H3. The number of Topliss-reactive ketones (excluding diaryl/α,β-unsaturated/α-hetero) is 1. The number of rotatable bonds is 4. The van der Waals surface area contributed by atoms with Crippen molar-refractivity contribution < 1.29 is 35.5 Å². The predicted molar refractivity (Wildman–Crippen MR) is 52.8 cm³/mol. The third-order valence-corrected chi connectivity index (χ3v) is 2.34. The van der Waals surface area contributed by atoms with Crippen molar-refractivity contribution in [2.75, 3.05) is 0 Å². The molecule has 0 saturated carbocycles. The average Bonchev–Trinajstić information content (AvgIpc) is 2.13. The van der Waals surface area contributed by atoms with E-state index in [0.29, 0.717) is 0 Å². The molecule has 0 aliphatic carbocycles. The fourth-order valence-electron chi connectivity index (χ4n) is 0.890. The molecule has 0 aromatic carbocycles. The van der Waals surface area contributed by atoms with E-state index in [4.69, 9.17) is 5.41 Å². The molecule has 9 heteroatoms. The minimum atomic E-state index is -6.55. The van der Waals surface area contributed by atoms with E-state index in [2.05, 4.69) is 0 Å². The van der Waals surface area contributed by atoms with Gasteiger partial charge in [-0.05, 0) is 5.41 Å². The summed E-state index contributed by atoms with van der Waals surface area (Å²) in [4.78, 5) is 10.9. The van der Waals surface area contributed by atoms with Crippen molar-refractivity contribution in [1.29, 1.82) is 5.41 Å². The average molecular weight is 295 g/mol. The van der Waals surface area contributed by atoms with Crippen LogP contribution < -0.4 is 0 Å². The summed E-state index contributed by atoms with van der Waals surface area (Å²) in [6, 6.07) is 0. The molecule has 0 unspecified atom stereocenters. The largest absolute Gasteiger partial charge is 0.460 e. The van der Waals surface area contributed by atoms with Crippen LogP contribution in [0, 0.1) is 10.8 Å². The van der Waals surface area contributed by atoms with Gasteiger partial charge >= 0.3 is 18.0 Å². The van der Waals surface area contributed by atoms with Gasteiger partial charge in [-0.1, -0.05) is 20.8 Å². The highest BCUT2D eigenvalue weighted by Crippen LogP contribution is 2.47. The number of hydrogen-bond acceptors (Lipinski definition) is 2. The van der Waals surface area contributed by atoms with Crippen molar-refractivity contribution in [3.8, 4) is 0 Å². The van der Waals surface area contributed by atoms with Gasteiger partial charge in [0.15, 0.2) is 0 Å². The van der Waals surface area contributed by atoms with Crippen LogP contribution in [0.25, 0.3) is 0 Å². The Morgan fingerprint density at radius 1 is 0.947 bits per heavy atom. The van der Waals surface area contributed by atoms with Gasteiger partial charge in [-0.15, -0.1) is 0 Å². The van der Waals surface area contributed by atoms with E-state index >= 15 is 0 Å². The van der Waals surface area contributed by atoms with Crippen LogP contribution in [0.4, 0.5) is 30.7 Å². The van der Waals surface area contributed by atoms with Gasteiger partial charge in [-0.2, -0.15) is 30.7 Å². The Labute approximate surface area is 104 Å². The van der Waals surface area contributed by atoms with Gasteiger partial charge in [-0.25, -0.2) is 0 Å². The van der Waals surface area contributed by atoms with E-state index in [-0.39, 0.29) is 0 Å². The highest BCUT2D eigenvalue weighted by atomic mass is 19.4. The van der Waals surface area contributed by atoms with Gasteiger partial charge in [-0.3, -0.25) is 4.79 Å². The van der Waals surface area contributed by atoms with Crippen molar-refractivity contribution in [2.45, 2.75) is 45.2 Å². The van der Waals surface area contributed by atoms with Gasteiger partial charge in [0.2, 0.25) is 5.78 Å². The summed E-state index contributed by atoms with van der Waals surface area (Å²) in [5, 5.41) is 7.23. The number of nitrogens with one attached hydrogen (secondary N) is 1. The molecule has 1 N–H and O–H groups in total. The number of hydrogen-bond donors (Lipinski definition) is 1. The lowest BCUT2D eigenvalue weighted by Gasteiger charge is -2.28. The zero-order valence-electron chi connectivity index (χ0n) is 10.3. The van der Waals surface area contributed by atoms with Crippen LogP contribution in [0.15, 0.2) is 0 Å². The Morgan fingerprint density at radius 3 is 1.58 bits per heavy atom. The van der Waals surface area contributed by atoms with Crippen LogP contribution in [-0.2, 0) is 4.79 Å². The van der Waals surface area contributed by atoms with Crippen molar-refractivity contribution in [3.05, 3.63) is 0 Å². The van der Waals surface area contributed by atoms with Crippen LogP contribution in [0.2, 0.25) is 0 Å². The summed E-state index contributed by atoms with van der Waals surface area (Å²) < 4.78 is 86.4. The highest BCUT2D eigenvalue weighted by molar-refractivity contribution is 6.05. The monoisotopic (exact) mass is 295 g/mol. The lowest BCUT2D eigenvalue weighted by Crippen LogP contribution is -2.56. The van der Waals surface area contributed by atoms with E-state index in [9.17, 15) is 35.5 Å². The van der Waals surface area contributed by atoms with Crippen molar-refractivity contribution in [1.82, 2.24) is 0 Å². The molecule has 0 amide bonds. The van der Waals surface area contributed by atoms with Crippen molar-refractivity contribution in [2.24, 2.45) is 5.41 Å². The Hall–Kier alpha value is -1.15. The fourth-order valence-corrected chi connectivity index (χ4v) is 0.890. The van der Waals surface area contributed by atoms with Gasteiger partial charge in [0, 0.05) is 5.71 Å². The first-order valence-corrected chi connectivity index (χ1v) is 4.98. The van der Waals surface area contributed by atoms with E-state index in [1.54, 1.807) is 0 Å². The number of halogens is 7. The molecule has 0 bridgehead atoms. The van der Waals surface area contributed by atoms with Gasteiger partial charge in [0.05, 0.1) is 6.42 Å². The van der Waals surface area contributed by atoms with E-state index in [1.807, 2.05) is 0 Å². The Morgan fingerprint density at radius 2 is 1.32 bits per heavy atom. The first-order valence-electron chi connectivity index (χ1n) is 4.98. The van der Waals surface area contributed by atoms with E-state index < -0.39 is 41.4 Å². The second-order valence-corrected chi connectivity index (χ2v) is 4.98. The molecule has 0 atom stereocenters. The SMILES string of the molecule is CC(C)(C)C(=N)CC(=O)C(F)(F)C(F)(F)C(F)(F)F. The zero-order valence-corrected chi connectivity index (χ0v) is 10.3. The Kier molecular flexibility index (Phi) is 4.46. The quantitative estimate of drug-likeness (QED) is 0.621. The number of carbonyl (C=O) groups is 1. The summed E-state index contributed by atoms with van der Waals surface area (Å²) in [6.07, 6.45) is -8.02. The van der Waals surface area contributed by atoms with Gasteiger partial charge < -0.3 is 5.41 Å². The molecule has 0 radical (unpaired) electrons. The predicted octanol–water partition coefficient (Wildman–Crippen LogP) is 3.84. The summed E-state index contributed by atoms with van der Waals surface area (Å²) in [5.74, 6) is -15.0. The molecule has 0 spiro atoms. The minimum Gasteiger partial charge on any atom is -0.309 e. The first-order chi connectivity index (χ1) is 8.05. The molecule has 0 heterocycles. The maximum Gasteiger partial charge on any atom is 0.460 e. The maximum atomic E-state index is 12.9. The summed E-state index contributed by atoms with van der Waals surface area (Å²) in [5.41, 5.74) is -1.74. The molecule has 2 nitrogen and oxygen atoms in total. The third kappa shape index (κ3) is 3.44.